The summed E-state index contributed by atoms with van der Waals surface area (Å²) in [5, 5.41) is 0.913. The summed E-state index contributed by atoms with van der Waals surface area (Å²) in [6.45, 7) is 1.96. The fourth-order valence-corrected chi connectivity index (χ4v) is 11.8. The van der Waals surface area contributed by atoms with Gasteiger partial charge in [0.15, 0.2) is 18.8 Å². The summed E-state index contributed by atoms with van der Waals surface area (Å²) in [7, 11) is 0. The second-order valence-electron chi connectivity index (χ2n) is 23.4. The molecule has 3 heterocycles. The van der Waals surface area contributed by atoms with E-state index in [-0.39, 0.29) is 65.8 Å². The van der Waals surface area contributed by atoms with Gasteiger partial charge in [-0.15, -0.1) is 0 Å². The molecule has 0 radical (unpaired) electrons. The lowest BCUT2D eigenvalue weighted by atomic mass is 9.95. The Labute approximate surface area is 550 Å². The average molecular weight is 1260 g/mol. The first-order valence-corrected chi connectivity index (χ1v) is 32.3. The Kier molecular flexibility index (Phi) is 23.9. The van der Waals surface area contributed by atoms with Crippen molar-refractivity contribution in [2.24, 2.45) is 0 Å². The number of ether oxygens (including phenoxy) is 12. The van der Waals surface area contributed by atoms with E-state index in [0.29, 0.717) is 13.2 Å². The highest BCUT2D eigenvalue weighted by molar-refractivity contribution is 5.78. The van der Waals surface area contributed by atoms with Crippen molar-refractivity contribution in [3.8, 4) is 5.75 Å². The summed E-state index contributed by atoms with van der Waals surface area (Å²) in [6, 6.07) is 89.7. The largest absolute Gasteiger partial charge is 0.489 e. The maximum atomic E-state index is 14.2. The van der Waals surface area contributed by atoms with Crippen molar-refractivity contribution < 1.29 is 66.2 Å². The van der Waals surface area contributed by atoms with Crippen molar-refractivity contribution >= 4 is 16.9 Å². The Bertz CT molecular complexity index is 3810. The molecule has 2 aliphatic rings. The van der Waals surface area contributed by atoms with Gasteiger partial charge in [-0.25, -0.2) is 4.79 Å². The normalized spacial score (nSPS) is 21.1. The van der Waals surface area contributed by atoms with E-state index in [2.05, 4.69) is 0 Å². The summed E-state index contributed by atoms with van der Waals surface area (Å²) in [5.74, 6) is 0.286. The number of rotatable bonds is 32. The number of esters is 1. The lowest BCUT2D eigenvalue weighted by molar-refractivity contribution is -0.660. The highest BCUT2D eigenvalue weighted by Crippen LogP contribution is 2.38. The number of hydrogen-bond acceptors (Lipinski definition) is 13. The van der Waals surface area contributed by atoms with Crippen LogP contribution in [0.5, 0.6) is 5.75 Å². The van der Waals surface area contributed by atoms with Crippen molar-refractivity contribution in [1.82, 2.24) is 0 Å². The number of aromatic nitrogens is 1. The molecule has 0 amide bonds. The predicted molar refractivity (Wildman–Crippen MR) is 355 cm³/mol. The van der Waals surface area contributed by atoms with Gasteiger partial charge < -0.3 is 56.8 Å². The minimum atomic E-state index is -1.23. The first-order chi connectivity index (χ1) is 46.5. The fraction of sp³-hybridized carbons (Fsp3) is 0.275. The summed E-state index contributed by atoms with van der Waals surface area (Å²) in [4.78, 5) is 14.2. The van der Waals surface area contributed by atoms with Gasteiger partial charge in [-0.1, -0.05) is 243 Å². The summed E-state index contributed by atoms with van der Waals surface area (Å²) >= 11 is 0. The van der Waals surface area contributed by atoms with Gasteiger partial charge in [0.25, 0.3) is 0 Å². The molecule has 0 N–H and O–H groups in total. The van der Waals surface area contributed by atoms with Crippen LogP contribution in [0.4, 0.5) is 0 Å². The highest BCUT2D eigenvalue weighted by Gasteiger charge is 2.54. The molecule has 9 aromatic carbocycles. The monoisotopic (exact) mass is 1260 g/mol. The summed E-state index contributed by atoms with van der Waals surface area (Å²) in [5.41, 5.74) is 8.56. The lowest BCUT2D eigenvalue weighted by Crippen LogP contribution is -2.65. The molecule has 12 rings (SSSR count). The van der Waals surface area contributed by atoms with Crippen LogP contribution in [0.25, 0.3) is 10.9 Å². The smallest absolute Gasteiger partial charge is 0.372 e. The second kappa shape index (κ2) is 34.4. The van der Waals surface area contributed by atoms with Gasteiger partial charge in [0.2, 0.25) is 12.1 Å². The van der Waals surface area contributed by atoms with E-state index < -0.39 is 67.4 Å². The topological polar surface area (TPSA) is 132 Å². The maximum absolute atomic E-state index is 14.2. The molecule has 0 bridgehead atoms. The van der Waals surface area contributed by atoms with Gasteiger partial charge in [0.05, 0.1) is 71.0 Å². The molecule has 2 aliphatic heterocycles. The molecule has 94 heavy (non-hydrogen) atoms. The molecular formula is C80H80NO13+. The quantitative estimate of drug-likeness (QED) is 0.0293. The Morgan fingerprint density at radius 1 is 0.362 bits per heavy atom. The van der Waals surface area contributed by atoms with Crippen LogP contribution in [-0.2, 0) is 116 Å². The molecule has 0 aliphatic carbocycles. The van der Waals surface area contributed by atoms with Gasteiger partial charge in [-0.2, -0.15) is 4.57 Å². The highest BCUT2D eigenvalue weighted by atomic mass is 16.8. The predicted octanol–water partition coefficient (Wildman–Crippen LogP) is 13.8. The zero-order valence-corrected chi connectivity index (χ0v) is 52.6. The number of fused-ring (bicyclic) bond motifs is 1. The summed E-state index contributed by atoms with van der Waals surface area (Å²) in [6.07, 6.45) is -7.14. The zero-order chi connectivity index (χ0) is 63.8. The fourth-order valence-electron chi connectivity index (χ4n) is 11.8. The van der Waals surface area contributed by atoms with Gasteiger partial charge >= 0.3 is 5.97 Å². The molecule has 0 saturated carbocycles. The van der Waals surface area contributed by atoms with Crippen LogP contribution in [0, 0.1) is 0 Å². The Balaban J connectivity index is 0.888. The minimum Gasteiger partial charge on any atom is -0.489 e. The van der Waals surface area contributed by atoms with Crippen molar-refractivity contribution in [2.75, 3.05) is 13.2 Å². The Morgan fingerprint density at radius 3 is 1.15 bits per heavy atom. The molecule has 10 atom stereocenters. The van der Waals surface area contributed by atoms with Crippen LogP contribution in [-0.4, -0.2) is 80.6 Å². The van der Waals surface area contributed by atoms with Crippen LogP contribution in [0.2, 0.25) is 0 Å². The standard InChI is InChI=1S/C80H80NO13/c82-72(49-81-46-25-42-67-48-68(43-44-69(67)81)85-51-60-28-11-2-12-29-60)84-47-45-70-73(86-52-61-30-13-3-14-31-61)75(88-54-63-34-17-5-18-35-63)77(90-56-65-38-21-7-22-39-65)79(92-70)94-80-78(91-57-66-40-23-8-24-41-66)76(89-55-64-36-19-6-20-37-64)74(87-53-62-32-15-4-16-33-62)71(93-80)58-83-50-59-26-9-1-10-27-59/h1-44,46,48,70-71,73-80H,45,47,49-58H2/q+1/t70-,71-,73-,74-,75+,76+,77-,78-,79-,80-/m1/s1. The molecule has 2 fully saturated rings. The van der Waals surface area contributed by atoms with Gasteiger partial charge in [-0.3, -0.25) is 0 Å². The number of carbonyl (C=O) groups excluding carboxylic acids is 1. The Morgan fingerprint density at radius 2 is 0.723 bits per heavy atom. The molecule has 10 aromatic rings. The van der Waals surface area contributed by atoms with Crippen LogP contribution in [0.1, 0.15) is 50.9 Å². The van der Waals surface area contributed by atoms with Gasteiger partial charge in [0.1, 0.15) is 55.1 Å². The maximum Gasteiger partial charge on any atom is 0.372 e. The molecule has 14 nitrogen and oxygen atoms in total. The third-order valence-corrected chi connectivity index (χ3v) is 16.6. The van der Waals surface area contributed by atoms with Gasteiger partial charge in [0, 0.05) is 18.6 Å². The number of carbonyl (C=O) groups is 1. The van der Waals surface area contributed by atoms with Crippen LogP contribution in [0.3, 0.4) is 0 Å². The van der Waals surface area contributed by atoms with E-state index in [1.54, 1.807) is 0 Å². The number of benzene rings is 9. The summed E-state index contributed by atoms with van der Waals surface area (Å²) < 4.78 is 85.8. The third-order valence-electron chi connectivity index (χ3n) is 16.6. The first-order valence-electron chi connectivity index (χ1n) is 32.3. The lowest BCUT2D eigenvalue weighted by Gasteiger charge is -2.50. The number of pyridine rings is 1. The molecule has 14 heteroatoms. The van der Waals surface area contributed by atoms with Gasteiger partial charge in [-0.05, 0) is 62.7 Å². The molecule has 0 unspecified atom stereocenters. The minimum absolute atomic E-state index is 0.0371. The van der Waals surface area contributed by atoms with E-state index in [0.717, 1.165) is 61.2 Å². The van der Waals surface area contributed by atoms with Crippen LogP contribution < -0.4 is 9.30 Å². The van der Waals surface area contributed by atoms with E-state index >= 15 is 0 Å². The zero-order valence-electron chi connectivity index (χ0n) is 52.6. The average Bonchev–Trinajstić information content (AvgIpc) is 0.786. The molecule has 2 saturated heterocycles. The van der Waals surface area contributed by atoms with Crippen molar-refractivity contribution in [2.45, 2.75) is 127 Å². The molecule has 482 valence electrons. The number of hydrogen-bond donors (Lipinski definition) is 0. The van der Waals surface area contributed by atoms with Crippen LogP contribution in [0.15, 0.2) is 279 Å². The van der Waals surface area contributed by atoms with E-state index in [1.165, 1.54) is 0 Å². The third kappa shape index (κ3) is 18.8. The van der Waals surface area contributed by atoms with Crippen LogP contribution >= 0.6 is 0 Å². The van der Waals surface area contributed by atoms with E-state index in [4.69, 9.17) is 56.8 Å². The Hall–Kier alpha value is -8.74. The molecular weight excluding hydrogens is 1180 g/mol. The van der Waals surface area contributed by atoms with E-state index in [9.17, 15) is 4.79 Å². The second-order valence-corrected chi connectivity index (χ2v) is 23.4. The van der Waals surface area contributed by atoms with Crippen molar-refractivity contribution in [1.29, 1.82) is 0 Å². The SMILES string of the molecule is O=C(C[n+]1cccc2cc(OCc3ccccc3)ccc21)OCC[C@H]1O[C@H](O[C@H]2O[C@H](COCc3ccccc3)[C@@H](OCc3ccccc3)[C@H](OCc3ccccc3)[C@H]2OCc2ccccc2)[C@H](OCc2ccccc2)[C@@H](OCc2ccccc2)[C@@H]1OCc1ccccc1. The molecule has 1 aromatic heterocycles. The van der Waals surface area contributed by atoms with Crippen molar-refractivity contribution in [3.05, 3.63) is 324 Å². The van der Waals surface area contributed by atoms with E-state index in [1.807, 2.05) is 284 Å². The molecule has 0 spiro atoms. The number of nitrogens with zero attached hydrogens (tertiary/aromatic N) is 1. The first kappa shape index (κ1) is 65.3. The van der Waals surface area contributed by atoms with Crippen molar-refractivity contribution in [3.63, 3.8) is 0 Å².